The van der Waals surface area contributed by atoms with E-state index in [2.05, 4.69) is 10.2 Å². The molecule has 0 amide bonds. The van der Waals surface area contributed by atoms with E-state index in [-0.39, 0.29) is 17.0 Å². The van der Waals surface area contributed by atoms with Crippen molar-refractivity contribution in [2.24, 2.45) is 0 Å². The lowest BCUT2D eigenvalue weighted by Crippen LogP contribution is -2.50. The topological polar surface area (TPSA) is 86.6 Å². The molecule has 4 rings (SSSR count). The van der Waals surface area contributed by atoms with Gasteiger partial charge in [0.25, 0.3) is 0 Å². The molecule has 0 spiro atoms. The van der Waals surface area contributed by atoms with Crippen molar-refractivity contribution in [3.05, 3.63) is 36.4 Å². The Morgan fingerprint density at radius 3 is 2.64 bits per heavy atom. The molecule has 2 aliphatic heterocycles. The number of benzene rings is 1. The highest BCUT2D eigenvalue weighted by atomic mass is 32.2. The van der Waals surface area contributed by atoms with Crippen molar-refractivity contribution in [1.82, 2.24) is 19.1 Å². The number of sulfonamides is 1. The standard InChI is InChI=1S/C16H20N4O4S/c1-23-13-4-6-14(7-5-13)25(21,22)19-9-12(10-19)20-11-17-18-16(20)15-3-2-8-24-15/h4-7,11-12,15H,2-3,8-10H2,1H3. The SMILES string of the molecule is COc1ccc(S(=O)(=O)N2CC(n3cnnc3C3CCCO3)C2)cc1. The molecule has 2 fully saturated rings. The monoisotopic (exact) mass is 364 g/mol. The van der Waals surface area contributed by atoms with Crippen LogP contribution in [0.2, 0.25) is 0 Å². The molecule has 0 bridgehead atoms. The minimum atomic E-state index is -3.49. The highest BCUT2D eigenvalue weighted by Gasteiger charge is 2.39. The van der Waals surface area contributed by atoms with Gasteiger partial charge in [0.2, 0.25) is 10.0 Å². The molecular formula is C16H20N4O4S. The first-order chi connectivity index (χ1) is 12.1. The van der Waals surface area contributed by atoms with Crippen molar-refractivity contribution in [2.75, 3.05) is 26.8 Å². The van der Waals surface area contributed by atoms with E-state index in [9.17, 15) is 8.42 Å². The molecule has 0 N–H and O–H groups in total. The van der Waals surface area contributed by atoms with Crippen LogP contribution in [0.4, 0.5) is 0 Å². The first kappa shape index (κ1) is 16.5. The van der Waals surface area contributed by atoms with Crippen molar-refractivity contribution in [3.8, 4) is 5.75 Å². The highest BCUT2D eigenvalue weighted by Crippen LogP contribution is 2.33. The Hall–Kier alpha value is -1.97. The van der Waals surface area contributed by atoms with Crippen LogP contribution in [0.1, 0.15) is 30.8 Å². The number of hydrogen-bond acceptors (Lipinski definition) is 6. The van der Waals surface area contributed by atoms with Crippen LogP contribution in [0.5, 0.6) is 5.75 Å². The second-order valence-electron chi connectivity index (χ2n) is 6.25. The van der Waals surface area contributed by atoms with E-state index in [0.29, 0.717) is 18.8 Å². The van der Waals surface area contributed by atoms with E-state index < -0.39 is 10.0 Å². The third-order valence-corrected chi connectivity index (χ3v) is 6.58. The van der Waals surface area contributed by atoms with Crippen LogP contribution in [0.15, 0.2) is 35.5 Å². The number of methoxy groups -OCH3 is 1. The first-order valence-electron chi connectivity index (χ1n) is 8.25. The zero-order valence-corrected chi connectivity index (χ0v) is 14.7. The van der Waals surface area contributed by atoms with E-state index in [1.807, 2.05) is 4.57 Å². The fraction of sp³-hybridized carbons (Fsp3) is 0.500. The molecule has 1 unspecified atom stereocenters. The van der Waals surface area contributed by atoms with Crippen molar-refractivity contribution in [2.45, 2.75) is 29.9 Å². The maximum atomic E-state index is 12.7. The third kappa shape index (κ3) is 2.92. The number of rotatable bonds is 5. The van der Waals surface area contributed by atoms with Gasteiger partial charge in [-0.05, 0) is 37.1 Å². The van der Waals surface area contributed by atoms with Crippen LogP contribution in [0.25, 0.3) is 0 Å². The molecular weight excluding hydrogens is 344 g/mol. The summed E-state index contributed by atoms with van der Waals surface area (Å²) >= 11 is 0. The average Bonchev–Trinajstić information content (AvgIpc) is 3.24. The van der Waals surface area contributed by atoms with Crippen LogP contribution in [-0.4, -0.2) is 54.3 Å². The van der Waals surface area contributed by atoms with Crippen LogP contribution in [-0.2, 0) is 14.8 Å². The normalized spacial score (nSPS) is 22.0. The largest absolute Gasteiger partial charge is 0.497 e. The maximum absolute atomic E-state index is 12.7. The van der Waals surface area contributed by atoms with E-state index in [1.165, 1.54) is 4.31 Å². The summed E-state index contributed by atoms with van der Waals surface area (Å²) < 4.78 is 39.6. The van der Waals surface area contributed by atoms with Crippen molar-refractivity contribution in [3.63, 3.8) is 0 Å². The third-order valence-electron chi connectivity index (χ3n) is 4.74. The number of aromatic nitrogens is 3. The fourth-order valence-corrected chi connectivity index (χ4v) is 4.75. The van der Waals surface area contributed by atoms with Crippen LogP contribution in [0, 0.1) is 0 Å². The van der Waals surface area contributed by atoms with Gasteiger partial charge >= 0.3 is 0 Å². The van der Waals surface area contributed by atoms with E-state index in [4.69, 9.17) is 9.47 Å². The molecule has 1 atom stereocenters. The second-order valence-corrected chi connectivity index (χ2v) is 8.19. The predicted molar refractivity (Wildman–Crippen MR) is 88.7 cm³/mol. The number of ether oxygens (including phenoxy) is 2. The molecule has 134 valence electrons. The molecule has 0 saturated carbocycles. The summed E-state index contributed by atoms with van der Waals surface area (Å²) in [7, 11) is -1.94. The predicted octanol–water partition coefficient (Wildman–Crippen LogP) is 1.38. The minimum absolute atomic E-state index is 0.0326. The Bertz CT molecular complexity index is 837. The molecule has 1 aromatic carbocycles. The summed E-state index contributed by atoms with van der Waals surface area (Å²) in [4.78, 5) is 0.273. The van der Waals surface area contributed by atoms with Gasteiger partial charge in [-0.1, -0.05) is 0 Å². The van der Waals surface area contributed by atoms with Gasteiger partial charge in [0.1, 0.15) is 18.2 Å². The fourth-order valence-electron chi connectivity index (χ4n) is 3.23. The molecule has 25 heavy (non-hydrogen) atoms. The molecule has 2 aromatic rings. The minimum Gasteiger partial charge on any atom is -0.497 e. The molecule has 1 aromatic heterocycles. The highest BCUT2D eigenvalue weighted by molar-refractivity contribution is 7.89. The molecule has 9 heteroatoms. The Morgan fingerprint density at radius 1 is 1.24 bits per heavy atom. The smallest absolute Gasteiger partial charge is 0.243 e. The summed E-state index contributed by atoms with van der Waals surface area (Å²) in [6, 6.07) is 6.48. The lowest BCUT2D eigenvalue weighted by atomic mass is 10.1. The van der Waals surface area contributed by atoms with Gasteiger partial charge in [0, 0.05) is 19.7 Å². The Kier molecular flexibility index (Phi) is 4.22. The second kappa shape index (κ2) is 6.40. The lowest BCUT2D eigenvalue weighted by molar-refractivity contribution is 0.0944. The number of hydrogen-bond donors (Lipinski definition) is 0. The van der Waals surface area contributed by atoms with Gasteiger partial charge in [-0.2, -0.15) is 4.31 Å². The van der Waals surface area contributed by atoms with Gasteiger partial charge in [0.05, 0.1) is 18.0 Å². The van der Waals surface area contributed by atoms with Gasteiger partial charge in [-0.15, -0.1) is 10.2 Å². The molecule has 2 saturated heterocycles. The van der Waals surface area contributed by atoms with E-state index in [1.54, 1.807) is 37.7 Å². The van der Waals surface area contributed by atoms with Crippen molar-refractivity contribution >= 4 is 10.0 Å². The van der Waals surface area contributed by atoms with Crippen LogP contribution < -0.4 is 4.74 Å². The molecule has 2 aliphatic rings. The zero-order valence-electron chi connectivity index (χ0n) is 13.9. The zero-order chi connectivity index (χ0) is 17.4. The Morgan fingerprint density at radius 2 is 2.00 bits per heavy atom. The maximum Gasteiger partial charge on any atom is 0.243 e. The first-order valence-corrected chi connectivity index (χ1v) is 9.69. The summed E-state index contributed by atoms with van der Waals surface area (Å²) in [5.74, 6) is 1.43. The van der Waals surface area contributed by atoms with Crippen molar-refractivity contribution < 1.29 is 17.9 Å². The summed E-state index contributed by atoms with van der Waals surface area (Å²) in [6.07, 6.45) is 3.58. The molecule has 0 aliphatic carbocycles. The van der Waals surface area contributed by atoms with Crippen molar-refractivity contribution in [1.29, 1.82) is 0 Å². The van der Waals surface area contributed by atoms with Gasteiger partial charge in [-0.25, -0.2) is 8.42 Å². The van der Waals surface area contributed by atoms with E-state index in [0.717, 1.165) is 25.3 Å². The number of nitrogens with zero attached hydrogens (tertiary/aromatic N) is 4. The quantitative estimate of drug-likeness (QED) is 0.797. The van der Waals surface area contributed by atoms with Gasteiger partial charge in [0.15, 0.2) is 5.82 Å². The van der Waals surface area contributed by atoms with Crippen LogP contribution >= 0.6 is 0 Å². The summed E-state index contributed by atoms with van der Waals surface area (Å²) in [5.41, 5.74) is 0. The van der Waals surface area contributed by atoms with Gasteiger partial charge in [-0.3, -0.25) is 0 Å². The average molecular weight is 364 g/mol. The van der Waals surface area contributed by atoms with Crippen LogP contribution in [0.3, 0.4) is 0 Å². The lowest BCUT2D eigenvalue weighted by Gasteiger charge is -2.39. The van der Waals surface area contributed by atoms with Gasteiger partial charge < -0.3 is 14.0 Å². The summed E-state index contributed by atoms with van der Waals surface area (Å²) in [5, 5.41) is 8.16. The molecule has 8 nitrogen and oxygen atoms in total. The summed E-state index contributed by atoms with van der Waals surface area (Å²) in [6.45, 7) is 1.55. The van der Waals surface area contributed by atoms with E-state index >= 15 is 0 Å². The Labute approximate surface area is 146 Å². The molecule has 0 radical (unpaired) electrons. The Balaban J connectivity index is 1.47. The molecule has 3 heterocycles.